The van der Waals surface area contributed by atoms with Crippen LogP contribution in [0.25, 0.3) is 10.9 Å². The van der Waals surface area contributed by atoms with Crippen molar-refractivity contribution in [2.24, 2.45) is 0 Å². The van der Waals surface area contributed by atoms with E-state index in [2.05, 4.69) is 27.5 Å². The highest BCUT2D eigenvalue weighted by Gasteiger charge is 2.16. The molecule has 9 nitrogen and oxygen atoms in total. The lowest BCUT2D eigenvalue weighted by Crippen LogP contribution is -2.13. The molecule has 1 heterocycles. The number of carbonyl (C=O) groups is 3. The summed E-state index contributed by atoms with van der Waals surface area (Å²) in [7, 11) is 0. The predicted molar refractivity (Wildman–Crippen MR) is 99.3 cm³/mol. The molecular formula is C18H20N4O5. The first-order chi connectivity index (χ1) is 12.9. The van der Waals surface area contributed by atoms with Crippen LogP contribution in [0.1, 0.15) is 32.6 Å². The first-order valence-electron chi connectivity index (χ1n) is 8.40. The number of carbonyl (C=O) groups excluding carboxylic acids is 1. The number of aromatic nitrogens is 2. The minimum Gasteiger partial charge on any atom is -0.477 e. The fourth-order valence-corrected chi connectivity index (χ4v) is 2.36. The van der Waals surface area contributed by atoms with Crippen LogP contribution >= 0.6 is 0 Å². The van der Waals surface area contributed by atoms with Crippen LogP contribution in [-0.4, -0.2) is 38.0 Å². The summed E-state index contributed by atoms with van der Waals surface area (Å²) in [6.45, 7) is 2.06. The second-order valence-electron chi connectivity index (χ2n) is 5.77. The Morgan fingerprint density at radius 3 is 2.52 bits per heavy atom. The fraction of sp³-hybridized carbons (Fsp3) is 0.278. The van der Waals surface area contributed by atoms with Gasteiger partial charge in [-0.05, 0) is 24.6 Å². The standard InChI is InChI=1S/C18H20N4O5/c1-2-3-4-5-15(23)22-11-6-7-14-12(8-11)16(21-10-20-14)19-9-13(17(24)25)18(26)27/h6-10H,2-5H2,1H3,(H,22,23)(H,24,25)(H,26,27)(H,19,20,21). The van der Waals surface area contributed by atoms with Crippen LogP contribution in [-0.2, 0) is 14.4 Å². The number of hydrogen-bond donors (Lipinski definition) is 4. The van der Waals surface area contributed by atoms with Crippen molar-refractivity contribution in [1.82, 2.24) is 9.97 Å². The van der Waals surface area contributed by atoms with Crippen molar-refractivity contribution in [2.75, 3.05) is 10.6 Å². The third-order valence-corrected chi connectivity index (χ3v) is 3.74. The lowest BCUT2D eigenvalue weighted by Gasteiger charge is -2.09. The van der Waals surface area contributed by atoms with Crippen molar-refractivity contribution in [3.05, 3.63) is 36.3 Å². The van der Waals surface area contributed by atoms with E-state index in [0.29, 0.717) is 23.0 Å². The van der Waals surface area contributed by atoms with Crippen LogP contribution in [0.5, 0.6) is 0 Å². The summed E-state index contributed by atoms with van der Waals surface area (Å²) >= 11 is 0. The Morgan fingerprint density at radius 2 is 1.85 bits per heavy atom. The summed E-state index contributed by atoms with van der Waals surface area (Å²) in [5.74, 6) is -3.03. The van der Waals surface area contributed by atoms with Crippen LogP contribution < -0.4 is 10.6 Å². The number of fused-ring (bicyclic) bond motifs is 1. The topological polar surface area (TPSA) is 142 Å². The zero-order valence-corrected chi connectivity index (χ0v) is 14.7. The summed E-state index contributed by atoms with van der Waals surface area (Å²) in [6, 6.07) is 5.03. The van der Waals surface area contributed by atoms with Gasteiger partial charge in [-0.3, -0.25) is 4.79 Å². The summed E-state index contributed by atoms with van der Waals surface area (Å²) in [6.07, 6.45) is 5.35. The molecule has 1 aromatic carbocycles. The lowest BCUT2D eigenvalue weighted by atomic mass is 10.2. The highest BCUT2D eigenvalue weighted by molar-refractivity contribution is 6.12. The summed E-state index contributed by atoms with van der Waals surface area (Å²) < 4.78 is 0. The van der Waals surface area contributed by atoms with Gasteiger partial charge < -0.3 is 20.8 Å². The van der Waals surface area contributed by atoms with Gasteiger partial charge in [0.1, 0.15) is 12.1 Å². The maximum atomic E-state index is 12.0. The van der Waals surface area contributed by atoms with Crippen molar-refractivity contribution in [3.63, 3.8) is 0 Å². The molecule has 0 fully saturated rings. The number of aliphatic carboxylic acids is 2. The number of nitrogens with zero attached hydrogens (tertiary/aromatic N) is 2. The summed E-state index contributed by atoms with van der Waals surface area (Å²) in [5, 5.41) is 23.7. The number of amides is 1. The van der Waals surface area contributed by atoms with Crippen LogP contribution in [0.15, 0.2) is 36.3 Å². The Balaban J connectivity index is 2.25. The average Bonchev–Trinajstić information content (AvgIpc) is 2.61. The van der Waals surface area contributed by atoms with Gasteiger partial charge in [0, 0.05) is 23.7 Å². The van der Waals surface area contributed by atoms with E-state index in [-0.39, 0.29) is 11.7 Å². The van der Waals surface area contributed by atoms with E-state index in [1.807, 2.05) is 0 Å². The molecule has 27 heavy (non-hydrogen) atoms. The molecule has 0 unspecified atom stereocenters. The van der Waals surface area contributed by atoms with E-state index >= 15 is 0 Å². The predicted octanol–water partition coefficient (Wildman–Crippen LogP) is 2.61. The van der Waals surface area contributed by atoms with Gasteiger partial charge in [0.15, 0.2) is 5.57 Å². The van der Waals surface area contributed by atoms with Gasteiger partial charge in [-0.15, -0.1) is 0 Å². The molecule has 0 spiro atoms. The first kappa shape index (κ1) is 19.8. The minimum absolute atomic E-state index is 0.104. The molecule has 2 aromatic rings. The molecule has 1 amide bonds. The molecule has 0 saturated heterocycles. The molecule has 142 valence electrons. The van der Waals surface area contributed by atoms with Gasteiger partial charge in [0.25, 0.3) is 0 Å². The summed E-state index contributed by atoms with van der Waals surface area (Å²) in [5.41, 5.74) is 0.266. The SMILES string of the molecule is CCCCCC(=O)Nc1ccc2ncnc(NC=C(C(=O)O)C(=O)O)c2c1. The van der Waals surface area contributed by atoms with Crippen molar-refractivity contribution in [3.8, 4) is 0 Å². The van der Waals surface area contributed by atoms with E-state index in [1.54, 1.807) is 18.2 Å². The van der Waals surface area contributed by atoms with Gasteiger partial charge in [-0.1, -0.05) is 19.8 Å². The molecular weight excluding hydrogens is 352 g/mol. The number of unbranched alkanes of at least 4 members (excludes halogenated alkanes) is 2. The zero-order valence-electron chi connectivity index (χ0n) is 14.7. The van der Waals surface area contributed by atoms with E-state index in [0.717, 1.165) is 25.5 Å². The number of nitrogens with one attached hydrogen (secondary N) is 2. The van der Waals surface area contributed by atoms with Crippen LogP contribution in [0.3, 0.4) is 0 Å². The normalized spacial score (nSPS) is 10.3. The monoisotopic (exact) mass is 372 g/mol. The van der Waals surface area contributed by atoms with Crippen LogP contribution in [0, 0.1) is 0 Å². The second kappa shape index (κ2) is 9.27. The number of carboxylic acids is 2. The lowest BCUT2D eigenvalue weighted by molar-refractivity contribution is -0.140. The molecule has 0 saturated carbocycles. The molecule has 0 aliphatic carbocycles. The van der Waals surface area contributed by atoms with Gasteiger partial charge >= 0.3 is 11.9 Å². The first-order valence-corrected chi connectivity index (χ1v) is 8.40. The quantitative estimate of drug-likeness (QED) is 0.228. The molecule has 2 rings (SSSR count). The highest BCUT2D eigenvalue weighted by atomic mass is 16.4. The van der Waals surface area contributed by atoms with Crippen LogP contribution in [0.2, 0.25) is 0 Å². The number of hydrogen-bond acceptors (Lipinski definition) is 6. The zero-order chi connectivity index (χ0) is 19.8. The van der Waals surface area contributed by atoms with Crippen molar-refractivity contribution in [2.45, 2.75) is 32.6 Å². The van der Waals surface area contributed by atoms with E-state index < -0.39 is 17.5 Å². The van der Waals surface area contributed by atoms with Crippen molar-refractivity contribution < 1.29 is 24.6 Å². The third kappa shape index (κ3) is 5.50. The molecule has 0 atom stereocenters. The molecule has 0 aliphatic rings. The molecule has 0 aliphatic heterocycles. The number of carboxylic acid groups (broad SMARTS) is 2. The summed E-state index contributed by atoms with van der Waals surface area (Å²) in [4.78, 5) is 42.0. The Bertz CT molecular complexity index is 878. The van der Waals surface area contributed by atoms with Crippen LogP contribution in [0.4, 0.5) is 11.5 Å². The van der Waals surface area contributed by atoms with E-state index in [9.17, 15) is 14.4 Å². The van der Waals surface area contributed by atoms with Crippen molar-refractivity contribution >= 4 is 40.3 Å². The Labute approximate surface area is 155 Å². The van der Waals surface area contributed by atoms with Gasteiger partial charge in [0.2, 0.25) is 5.91 Å². The second-order valence-corrected chi connectivity index (χ2v) is 5.77. The molecule has 0 radical (unpaired) electrons. The maximum Gasteiger partial charge on any atom is 0.344 e. The van der Waals surface area contributed by atoms with Crippen molar-refractivity contribution in [1.29, 1.82) is 0 Å². The smallest absolute Gasteiger partial charge is 0.344 e. The van der Waals surface area contributed by atoms with E-state index in [4.69, 9.17) is 10.2 Å². The van der Waals surface area contributed by atoms with Gasteiger partial charge in [-0.2, -0.15) is 0 Å². The third-order valence-electron chi connectivity index (χ3n) is 3.74. The number of anilines is 2. The maximum absolute atomic E-state index is 12.0. The molecule has 0 bridgehead atoms. The minimum atomic E-state index is -1.58. The fourth-order valence-electron chi connectivity index (χ4n) is 2.36. The van der Waals surface area contributed by atoms with E-state index in [1.165, 1.54) is 6.33 Å². The Hall–Kier alpha value is -3.49. The highest BCUT2D eigenvalue weighted by Crippen LogP contribution is 2.23. The Kier molecular flexibility index (Phi) is 6.81. The molecule has 1 aromatic heterocycles. The molecule has 9 heteroatoms. The molecule has 4 N–H and O–H groups in total. The van der Waals surface area contributed by atoms with Gasteiger partial charge in [-0.25, -0.2) is 19.6 Å². The number of benzene rings is 1. The number of rotatable bonds is 9. The van der Waals surface area contributed by atoms with Gasteiger partial charge in [0.05, 0.1) is 5.52 Å². The largest absolute Gasteiger partial charge is 0.477 e. The average molecular weight is 372 g/mol. The Morgan fingerprint density at radius 1 is 1.11 bits per heavy atom.